The Bertz CT molecular complexity index is 183. The molecule has 0 aromatic heterocycles. The molecule has 0 aliphatic heterocycles. The number of allylic oxidation sites excluding steroid dienone is 3. The normalized spacial score (nSPS) is 11.8. The van der Waals surface area contributed by atoms with Crippen LogP contribution in [0.5, 0.6) is 0 Å². The van der Waals surface area contributed by atoms with Crippen molar-refractivity contribution in [3.05, 3.63) is 22.3 Å². The van der Waals surface area contributed by atoms with Crippen LogP contribution in [0.4, 0.5) is 0 Å². The van der Waals surface area contributed by atoms with E-state index in [0.717, 1.165) is 16.7 Å². The molecule has 0 spiro atoms. The van der Waals surface area contributed by atoms with Gasteiger partial charge in [-0.15, -0.1) is 0 Å². The third-order valence-electron chi connectivity index (χ3n) is 1.14. The number of nitrogens with one attached hydrogen (secondary N) is 1. The summed E-state index contributed by atoms with van der Waals surface area (Å²) < 4.78 is 1.02. The minimum Gasteiger partial charge on any atom is -0.314 e. The second-order valence-electron chi connectivity index (χ2n) is 2.00. The molecule has 0 bridgehead atoms. The van der Waals surface area contributed by atoms with Gasteiger partial charge in [0.15, 0.2) is 0 Å². The molecular weight excluding hydrogens is 228 g/mol. The molecule has 1 N–H and O–H groups in total. The number of likely N-dealkylation sites (N-methyl/N-ethyl adjacent to an activating group) is 1. The minimum atomic E-state index is 0.742. The summed E-state index contributed by atoms with van der Waals surface area (Å²) >= 11 is 3.36. The molecule has 0 radical (unpaired) electrons. The first-order chi connectivity index (χ1) is 6.24. The standard InChI is InChI=1S/C8H13BrN2.C2H6/c1-4-7(9)5-8(11-3)6-10-2;1-2/h4-5,10H,3,6H2,1-2H3;1-2H3/b7-4+,8-5-;. The molecule has 76 valence electrons. The van der Waals surface area contributed by atoms with Crippen molar-refractivity contribution in [1.82, 2.24) is 5.32 Å². The number of hydrogen-bond donors (Lipinski definition) is 1. The van der Waals surface area contributed by atoms with Crippen LogP contribution in [0.2, 0.25) is 0 Å². The van der Waals surface area contributed by atoms with E-state index in [4.69, 9.17) is 0 Å². The van der Waals surface area contributed by atoms with E-state index in [1.54, 1.807) is 0 Å². The van der Waals surface area contributed by atoms with E-state index >= 15 is 0 Å². The Morgan fingerprint density at radius 2 is 2.08 bits per heavy atom. The maximum absolute atomic E-state index is 3.84. The molecule has 0 atom stereocenters. The van der Waals surface area contributed by atoms with Gasteiger partial charge in [0.05, 0.1) is 5.70 Å². The Kier molecular flexibility index (Phi) is 13.4. The van der Waals surface area contributed by atoms with Gasteiger partial charge in [0.1, 0.15) is 0 Å². The zero-order valence-corrected chi connectivity index (χ0v) is 10.5. The van der Waals surface area contributed by atoms with Crippen LogP contribution in [0, 0.1) is 0 Å². The van der Waals surface area contributed by atoms with Crippen molar-refractivity contribution in [1.29, 1.82) is 0 Å². The van der Waals surface area contributed by atoms with Crippen molar-refractivity contribution < 1.29 is 0 Å². The average Bonchev–Trinajstić information content (AvgIpc) is 2.20. The van der Waals surface area contributed by atoms with Crippen molar-refractivity contribution in [2.45, 2.75) is 20.8 Å². The van der Waals surface area contributed by atoms with Crippen molar-refractivity contribution in [2.24, 2.45) is 4.99 Å². The van der Waals surface area contributed by atoms with Gasteiger partial charge < -0.3 is 5.32 Å². The van der Waals surface area contributed by atoms with E-state index in [1.165, 1.54) is 0 Å². The van der Waals surface area contributed by atoms with Crippen molar-refractivity contribution >= 4 is 22.6 Å². The number of rotatable bonds is 4. The summed E-state index contributed by atoms with van der Waals surface area (Å²) in [5.41, 5.74) is 0.928. The highest BCUT2D eigenvalue weighted by Crippen LogP contribution is 2.09. The summed E-state index contributed by atoms with van der Waals surface area (Å²) in [5.74, 6) is 0. The van der Waals surface area contributed by atoms with Gasteiger partial charge in [-0.1, -0.05) is 35.9 Å². The molecule has 0 saturated heterocycles. The lowest BCUT2D eigenvalue weighted by atomic mass is 10.3. The Morgan fingerprint density at radius 3 is 2.38 bits per heavy atom. The quantitative estimate of drug-likeness (QED) is 0.599. The molecule has 0 rings (SSSR count). The second kappa shape index (κ2) is 11.6. The Morgan fingerprint density at radius 1 is 1.54 bits per heavy atom. The maximum Gasteiger partial charge on any atom is 0.0545 e. The van der Waals surface area contributed by atoms with Crippen LogP contribution in [0.25, 0.3) is 0 Å². The molecule has 0 fully saturated rings. The summed E-state index contributed by atoms with van der Waals surface area (Å²) in [5, 5.41) is 3.00. The van der Waals surface area contributed by atoms with Gasteiger partial charge in [-0.25, -0.2) is 0 Å². The van der Waals surface area contributed by atoms with E-state index in [-0.39, 0.29) is 0 Å². The molecule has 0 aliphatic rings. The predicted molar refractivity (Wildman–Crippen MR) is 65.6 cm³/mol. The lowest BCUT2D eigenvalue weighted by molar-refractivity contribution is 0.872. The molecule has 3 heteroatoms. The lowest BCUT2D eigenvalue weighted by Gasteiger charge is -1.98. The van der Waals surface area contributed by atoms with Gasteiger partial charge in [-0.3, -0.25) is 4.99 Å². The zero-order chi connectivity index (χ0) is 10.7. The van der Waals surface area contributed by atoms with E-state index < -0.39 is 0 Å². The monoisotopic (exact) mass is 246 g/mol. The minimum absolute atomic E-state index is 0.742. The van der Waals surface area contributed by atoms with Crippen molar-refractivity contribution in [3.8, 4) is 0 Å². The number of nitrogens with zero attached hydrogens (tertiary/aromatic N) is 1. The Balaban J connectivity index is 0. The summed E-state index contributed by atoms with van der Waals surface area (Å²) in [6, 6.07) is 0. The molecule has 0 heterocycles. The summed E-state index contributed by atoms with van der Waals surface area (Å²) in [4.78, 5) is 3.84. The van der Waals surface area contributed by atoms with Crippen LogP contribution in [0.1, 0.15) is 20.8 Å². The zero-order valence-electron chi connectivity index (χ0n) is 8.89. The highest BCUT2D eigenvalue weighted by molar-refractivity contribution is 9.11. The third kappa shape index (κ3) is 9.50. The summed E-state index contributed by atoms with van der Waals surface area (Å²) in [6.07, 6.45) is 3.89. The van der Waals surface area contributed by atoms with Gasteiger partial charge in [-0.05, 0) is 26.8 Å². The second-order valence-corrected chi connectivity index (χ2v) is 2.91. The molecule has 0 aliphatic carbocycles. The van der Waals surface area contributed by atoms with Gasteiger partial charge in [0, 0.05) is 11.0 Å². The first-order valence-electron chi connectivity index (χ1n) is 4.38. The highest BCUT2D eigenvalue weighted by Gasteiger charge is 1.90. The molecule has 13 heavy (non-hydrogen) atoms. The molecule has 0 amide bonds. The lowest BCUT2D eigenvalue weighted by Crippen LogP contribution is -2.08. The molecule has 0 aromatic rings. The molecule has 2 nitrogen and oxygen atoms in total. The fourth-order valence-corrected chi connectivity index (χ4v) is 0.840. The topological polar surface area (TPSA) is 24.4 Å². The summed E-state index contributed by atoms with van der Waals surface area (Å²) in [7, 11) is 1.88. The maximum atomic E-state index is 3.84. The van der Waals surface area contributed by atoms with Gasteiger partial charge in [0.25, 0.3) is 0 Å². The van der Waals surface area contributed by atoms with E-state index in [9.17, 15) is 0 Å². The van der Waals surface area contributed by atoms with Crippen LogP contribution in [-0.2, 0) is 0 Å². The van der Waals surface area contributed by atoms with Crippen LogP contribution < -0.4 is 5.32 Å². The molecular formula is C10H19BrN2. The van der Waals surface area contributed by atoms with Crippen LogP contribution >= 0.6 is 15.9 Å². The predicted octanol–water partition coefficient (Wildman–Crippen LogP) is 3.12. The van der Waals surface area contributed by atoms with Crippen molar-refractivity contribution in [2.75, 3.05) is 13.6 Å². The fourth-order valence-electron chi connectivity index (χ4n) is 0.576. The summed E-state index contributed by atoms with van der Waals surface area (Å²) in [6.45, 7) is 10.2. The average molecular weight is 247 g/mol. The van der Waals surface area contributed by atoms with Crippen LogP contribution in [0.15, 0.2) is 27.3 Å². The first kappa shape index (κ1) is 15.1. The number of hydrogen-bond acceptors (Lipinski definition) is 2. The Hall–Kier alpha value is -0.410. The fraction of sp³-hybridized carbons (Fsp3) is 0.500. The highest BCUT2D eigenvalue weighted by atomic mass is 79.9. The van der Waals surface area contributed by atoms with Gasteiger partial charge in [0.2, 0.25) is 0 Å². The number of halogens is 1. The van der Waals surface area contributed by atoms with Crippen LogP contribution in [-0.4, -0.2) is 20.3 Å². The Labute approximate surface area is 90.0 Å². The SMILES string of the molecule is C=N/C(=C\C(Br)=C/C)CNC.CC. The first-order valence-corrected chi connectivity index (χ1v) is 5.17. The largest absolute Gasteiger partial charge is 0.314 e. The molecule has 0 aromatic carbocycles. The van der Waals surface area contributed by atoms with E-state index in [2.05, 4.69) is 33.0 Å². The van der Waals surface area contributed by atoms with Crippen molar-refractivity contribution in [3.63, 3.8) is 0 Å². The smallest absolute Gasteiger partial charge is 0.0545 e. The van der Waals surface area contributed by atoms with Gasteiger partial charge >= 0.3 is 0 Å². The number of aliphatic imine (C=N–C) groups is 1. The van der Waals surface area contributed by atoms with E-state index in [1.807, 2.05) is 40.0 Å². The molecule has 0 unspecified atom stereocenters. The van der Waals surface area contributed by atoms with Crippen LogP contribution in [0.3, 0.4) is 0 Å². The van der Waals surface area contributed by atoms with Gasteiger partial charge in [-0.2, -0.15) is 0 Å². The van der Waals surface area contributed by atoms with E-state index in [0.29, 0.717) is 0 Å². The molecule has 0 saturated carbocycles. The third-order valence-corrected chi connectivity index (χ3v) is 1.83.